The minimum atomic E-state index is 0.914. The van der Waals surface area contributed by atoms with Gasteiger partial charge in [-0.25, -0.2) is 9.97 Å². The normalized spacial score (nSPS) is 19.5. The summed E-state index contributed by atoms with van der Waals surface area (Å²) in [4.78, 5) is 18.1. The van der Waals surface area contributed by atoms with Crippen LogP contribution in [0.15, 0.2) is 22.1 Å². The molecular formula is C17H22BrN5S. The molecule has 2 aliphatic heterocycles. The minimum Gasteiger partial charge on any atom is -0.338 e. The third kappa shape index (κ3) is 3.64. The van der Waals surface area contributed by atoms with Crippen molar-refractivity contribution < 1.29 is 0 Å². The van der Waals surface area contributed by atoms with Gasteiger partial charge in [0, 0.05) is 68.9 Å². The number of hydrogen-bond donors (Lipinski definition) is 0. The number of halogens is 1. The largest absolute Gasteiger partial charge is 0.338 e. The lowest BCUT2D eigenvalue weighted by atomic mass is 10.1. The second kappa shape index (κ2) is 7.07. The van der Waals surface area contributed by atoms with Gasteiger partial charge in [-0.15, -0.1) is 11.3 Å². The lowest BCUT2D eigenvalue weighted by Gasteiger charge is -2.33. The van der Waals surface area contributed by atoms with Crippen LogP contribution in [0, 0.1) is 0 Å². The van der Waals surface area contributed by atoms with Gasteiger partial charge < -0.3 is 9.80 Å². The lowest BCUT2D eigenvalue weighted by Crippen LogP contribution is -2.45. The zero-order valence-electron chi connectivity index (χ0n) is 13.9. The van der Waals surface area contributed by atoms with Crippen LogP contribution in [0.3, 0.4) is 0 Å². The van der Waals surface area contributed by atoms with Gasteiger partial charge in [0.25, 0.3) is 0 Å². The molecule has 0 amide bonds. The summed E-state index contributed by atoms with van der Waals surface area (Å²) in [5.41, 5.74) is 2.53. The lowest BCUT2D eigenvalue weighted by molar-refractivity contribution is 0.245. The second-order valence-electron chi connectivity index (χ2n) is 6.60. The quantitative estimate of drug-likeness (QED) is 0.781. The Hall–Kier alpha value is -1.02. The third-order valence-corrected chi connectivity index (χ3v) is 6.40. The maximum Gasteiger partial charge on any atom is 0.225 e. The van der Waals surface area contributed by atoms with E-state index < -0.39 is 0 Å². The predicted octanol–water partition coefficient (Wildman–Crippen LogP) is 2.61. The molecule has 5 nitrogen and oxygen atoms in total. The van der Waals surface area contributed by atoms with Gasteiger partial charge in [0.1, 0.15) is 0 Å². The Morgan fingerprint density at radius 2 is 2.00 bits per heavy atom. The van der Waals surface area contributed by atoms with Crippen molar-refractivity contribution >= 4 is 33.2 Å². The molecule has 2 aliphatic rings. The van der Waals surface area contributed by atoms with Crippen molar-refractivity contribution in [1.29, 1.82) is 0 Å². The number of anilines is 1. The summed E-state index contributed by atoms with van der Waals surface area (Å²) in [5, 5.41) is 0. The fourth-order valence-corrected chi connectivity index (χ4v) is 4.84. The Morgan fingerprint density at radius 1 is 1.17 bits per heavy atom. The molecule has 0 N–H and O–H groups in total. The highest BCUT2D eigenvalue weighted by Crippen LogP contribution is 2.26. The molecule has 128 valence electrons. The smallest absolute Gasteiger partial charge is 0.225 e. The molecule has 2 aromatic rings. The van der Waals surface area contributed by atoms with Crippen molar-refractivity contribution in [2.75, 3.05) is 44.7 Å². The minimum absolute atomic E-state index is 0.914. The summed E-state index contributed by atoms with van der Waals surface area (Å²) in [6.45, 7) is 7.25. The van der Waals surface area contributed by atoms with Crippen LogP contribution in [0.25, 0.3) is 0 Å². The first kappa shape index (κ1) is 16.4. The van der Waals surface area contributed by atoms with E-state index >= 15 is 0 Å². The number of likely N-dealkylation sites (N-methyl/N-ethyl adjacent to an activating group) is 1. The Labute approximate surface area is 155 Å². The van der Waals surface area contributed by atoms with Gasteiger partial charge in [-0.05, 0) is 35.1 Å². The molecule has 7 heteroatoms. The first-order chi connectivity index (χ1) is 11.7. The maximum absolute atomic E-state index is 4.87. The van der Waals surface area contributed by atoms with Crippen LogP contribution in [-0.4, -0.2) is 59.5 Å². The first-order valence-electron chi connectivity index (χ1n) is 8.42. The number of piperazine rings is 1. The van der Waals surface area contributed by atoms with Gasteiger partial charge in [-0.3, -0.25) is 4.90 Å². The standard InChI is InChI=1S/C17H22BrN5S/c1-21-6-8-23(9-7-21)17-19-10-13-11-22(5-4-15(13)20-17)12-14-2-3-16(18)24-14/h2-3,10H,4-9,11-12H2,1H3. The number of aromatic nitrogens is 2. The fourth-order valence-electron chi connectivity index (χ4n) is 3.31. The zero-order chi connectivity index (χ0) is 16.5. The van der Waals surface area contributed by atoms with Crippen LogP contribution in [0.1, 0.15) is 16.1 Å². The van der Waals surface area contributed by atoms with Crippen LogP contribution in [0.5, 0.6) is 0 Å². The molecule has 4 rings (SSSR count). The highest BCUT2D eigenvalue weighted by atomic mass is 79.9. The van der Waals surface area contributed by atoms with E-state index in [4.69, 9.17) is 4.98 Å². The topological polar surface area (TPSA) is 35.5 Å². The van der Waals surface area contributed by atoms with Crippen LogP contribution >= 0.6 is 27.3 Å². The molecule has 1 saturated heterocycles. The average Bonchev–Trinajstić information content (AvgIpc) is 3.00. The Bertz CT molecular complexity index is 711. The van der Waals surface area contributed by atoms with Gasteiger partial charge in [0.2, 0.25) is 5.95 Å². The van der Waals surface area contributed by atoms with E-state index in [0.29, 0.717) is 0 Å². The molecule has 24 heavy (non-hydrogen) atoms. The summed E-state index contributed by atoms with van der Waals surface area (Å²) in [6, 6.07) is 4.33. The SMILES string of the molecule is CN1CCN(c2ncc3c(n2)CCN(Cc2ccc(Br)s2)C3)CC1. The van der Waals surface area contributed by atoms with Crippen molar-refractivity contribution in [1.82, 2.24) is 19.8 Å². The molecular weight excluding hydrogens is 386 g/mol. The molecule has 4 heterocycles. The number of hydrogen-bond acceptors (Lipinski definition) is 6. The van der Waals surface area contributed by atoms with E-state index in [2.05, 4.69) is 54.8 Å². The summed E-state index contributed by atoms with van der Waals surface area (Å²) in [6.07, 6.45) is 3.07. The summed E-state index contributed by atoms with van der Waals surface area (Å²) in [7, 11) is 2.17. The van der Waals surface area contributed by atoms with Crippen molar-refractivity contribution in [3.8, 4) is 0 Å². The predicted molar refractivity (Wildman–Crippen MR) is 102 cm³/mol. The van der Waals surface area contributed by atoms with Crippen molar-refractivity contribution in [3.63, 3.8) is 0 Å². The summed E-state index contributed by atoms with van der Waals surface area (Å²) >= 11 is 5.36. The van der Waals surface area contributed by atoms with Crippen molar-refractivity contribution in [3.05, 3.63) is 38.3 Å². The Balaban J connectivity index is 1.43. The summed E-state index contributed by atoms with van der Waals surface area (Å²) in [5.74, 6) is 0.914. The molecule has 0 radical (unpaired) electrons. The first-order valence-corrected chi connectivity index (χ1v) is 10.0. The molecule has 0 bridgehead atoms. The monoisotopic (exact) mass is 407 g/mol. The molecule has 0 aromatic carbocycles. The van der Waals surface area contributed by atoms with Crippen LogP contribution in [0.4, 0.5) is 5.95 Å². The van der Waals surface area contributed by atoms with E-state index in [0.717, 1.165) is 58.2 Å². The van der Waals surface area contributed by atoms with Crippen LogP contribution in [-0.2, 0) is 19.5 Å². The van der Waals surface area contributed by atoms with E-state index in [1.54, 1.807) is 0 Å². The average molecular weight is 408 g/mol. The number of fused-ring (bicyclic) bond motifs is 1. The number of nitrogens with zero attached hydrogens (tertiary/aromatic N) is 5. The molecule has 0 spiro atoms. The van der Waals surface area contributed by atoms with E-state index in [1.807, 2.05) is 17.5 Å². The van der Waals surface area contributed by atoms with Crippen molar-refractivity contribution in [2.24, 2.45) is 0 Å². The van der Waals surface area contributed by atoms with Gasteiger partial charge in [0.15, 0.2) is 0 Å². The molecule has 2 aromatic heterocycles. The molecule has 0 unspecified atom stereocenters. The van der Waals surface area contributed by atoms with Gasteiger partial charge >= 0.3 is 0 Å². The van der Waals surface area contributed by atoms with Crippen molar-refractivity contribution in [2.45, 2.75) is 19.5 Å². The van der Waals surface area contributed by atoms with Crippen LogP contribution in [0.2, 0.25) is 0 Å². The van der Waals surface area contributed by atoms with Crippen LogP contribution < -0.4 is 4.90 Å². The van der Waals surface area contributed by atoms with Gasteiger partial charge in [0.05, 0.1) is 9.48 Å². The highest BCUT2D eigenvalue weighted by molar-refractivity contribution is 9.11. The van der Waals surface area contributed by atoms with Gasteiger partial charge in [-0.1, -0.05) is 0 Å². The van der Waals surface area contributed by atoms with E-state index in [-0.39, 0.29) is 0 Å². The highest BCUT2D eigenvalue weighted by Gasteiger charge is 2.22. The maximum atomic E-state index is 4.87. The summed E-state index contributed by atoms with van der Waals surface area (Å²) < 4.78 is 1.20. The third-order valence-electron chi connectivity index (χ3n) is 4.79. The van der Waals surface area contributed by atoms with Gasteiger partial charge in [-0.2, -0.15) is 0 Å². The molecule has 0 aliphatic carbocycles. The Kier molecular flexibility index (Phi) is 4.85. The zero-order valence-corrected chi connectivity index (χ0v) is 16.3. The van der Waals surface area contributed by atoms with E-state index in [9.17, 15) is 0 Å². The Morgan fingerprint density at radius 3 is 2.75 bits per heavy atom. The number of rotatable bonds is 3. The molecule has 1 fully saturated rings. The molecule has 0 atom stereocenters. The number of thiophene rings is 1. The van der Waals surface area contributed by atoms with E-state index in [1.165, 1.54) is 19.9 Å². The fraction of sp³-hybridized carbons (Fsp3) is 0.529. The molecule has 0 saturated carbocycles. The second-order valence-corrected chi connectivity index (χ2v) is 9.15.